The van der Waals surface area contributed by atoms with Gasteiger partial charge in [-0.1, -0.05) is 0 Å². The van der Waals surface area contributed by atoms with E-state index in [1.807, 2.05) is 0 Å². The van der Waals surface area contributed by atoms with Crippen molar-refractivity contribution >= 4 is 5.69 Å². The van der Waals surface area contributed by atoms with E-state index in [0.29, 0.717) is 17.1 Å². The average molecular weight is 140 g/mol. The molecule has 0 aromatic carbocycles. The summed E-state index contributed by atoms with van der Waals surface area (Å²) in [6.45, 7) is 3.36. The van der Waals surface area contributed by atoms with E-state index >= 15 is 0 Å². The summed E-state index contributed by atoms with van der Waals surface area (Å²) in [7, 11) is 0. The van der Waals surface area contributed by atoms with Crippen molar-refractivity contribution in [3.8, 4) is 0 Å². The molecule has 0 fully saturated rings. The van der Waals surface area contributed by atoms with Crippen LogP contribution in [0.3, 0.4) is 0 Å². The van der Waals surface area contributed by atoms with Gasteiger partial charge in [0.05, 0.1) is 17.1 Å². The van der Waals surface area contributed by atoms with Gasteiger partial charge in [-0.3, -0.25) is 4.98 Å². The SMILES string of the molecule is Cc1nc(C)c(F)cc1N. The largest absolute Gasteiger partial charge is 0.397 e. The number of pyridine rings is 1. The Morgan fingerprint density at radius 1 is 1.40 bits per heavy atom. The smallest absolute Gasteiger partial charge is 0.146 e. The number of aromatic nitrogens is 1. The summed E-state index contributed by atoms with van der Waals surface area (Å²) < 4.78 is 12.6. The van der Waals surface area contributed by atoms with E-state index in [1.165, 1.54) is 6.07 Å². The molecule has 0 saturated heterocycles. The lowest BCUT2D eigenvalue weighted by atomic mass is 10.3. The summed E-state index contributed by atoms with van der Waals surface area (Å²) in [5, 5.41) is 0. The van der Waals surface area contributed by atoms with Crippen molar-refractivity contribution in [1.29, 1.82) is 0 Å². The molecule has 2 nitrogen and oxygen atoms in total. The molecule has 0 aliphatic carbocycles. The minimum absolute atomic E-state index is 0.344. The van der Waals surface area contributed by atoms with Crippen molar-refractivity contribution in [1.82, 2.24) is 4.98 Å². The van der Waals surface area contributed by atoms with Crippen LogP contribution in [0, 0.1) is 19.7 Å². The van der Waals surface area contributed by atoms with Crippen molar-refractivity contribution in [2.24, 2.45) is 0 Å². The molecule has 1 heterocycles. The summed E-state index contributed by atoms with van der Waals surface area (Å²) in [4.78, 5) is 3.87. The van der Waals surface area contributed by atoms with Gasteiger partial charge in [-0.25, -0.2) is 4.39 Å². The number of hydrogen-bond acceptors (Lipinski definition) is 2. The molecule has 0 atom stereocenters. The number of nitrogens with two attached hydrogens (primary N) is 1. The van der Waals surface area contributed by atoms with E-state index in [-0.39, 0.29) is 5.82 Å². The van der Waals surface area contributed by atoms with Gasteiger partial charge in [0, 0.05) is 6.07 Å². The molecular formula is C7H9FN2. The highest BCUT2D eigenvalue weighted by molar-refractivity contribution is 5.42. The van der Waals surface area contributed by atoms with Crippen LogP contribution in [0.25, 0.3) is 0 Å². The van der Waals surface area contributed by atoms with E-state index < -0.39 is 0 Å². The van der Waals surface area contributed by atoms with Crippen LogP contribution in [0.15, 0.2) is 6.07 Å². The Hall–Kier alpha value is -1.12. The van der Waals surface area contributed by atoms with Crippen LogP contribution in [0.2, 0.25) is 0 Å². The number of nitrogens with zero attached hydrogens (tertiary/aromatic N) is 1. The van der Waals surface area contributed by atoms with Crippen LogP contribution >= 0.6 is 0 Å². The Labute approximate surface area is 58.9 Å². The summed E-state index contributed by atoms with van der Waals surface area (Å²) in [6.07, 6.45) is 0. The fourth-order valence-corrected chi connectivity index (χ4v) is 0.715. The number of halogens is 1. The quantitative estimate of drug-likeness (QED) is 0.591. The first-order valence-corrected chi connectivity index (χ1v) is 3.00. The second kappa shape index (κ2) is 2.25. The molecule has 10 heavy (non-hydrogen) atoms. The minimum atomic E-state index is -0.344. The fourth-order valence-electron chi connectivity index (χ4n) is 0.715. The van der Waals surface area contributed by atoms with Gasteiger partial charge in [-0.15, -0.1) is 0 Å². The summed E-state index contributed by atoms with van der Waals surface area (Å²) >= 11 is 0. The maximum atomic E-state index is 12.6. The van der Waals surface area contributed by atoms with E-state index in [9.17, 15) is 4.39 Å². The predicted octanol–water partition coefficient (Wildman–Crippen LogP) is 1.42. The highest BCUT2D eigenvalue weighted by Gasteiger charge is 2.00. The highest BCUT2D eigenvalue weighted by Crippen LogP contribution is 2.11. The molecule has 0 spiro atoms. The second-order valence-electron chi connectivity index (χ2n) is 2.23. The van der Waals surface area contributed by atoms with E-state index in [0.717, 1.165) is 0 Å². The van der Waals surface area contributed by atoms with Crippen LogP contribution in [-0.4, -0.2) is 4.98 Å². The Kier molecular flexibility index (Phi) is 1.57. The van der Waals surface area contributed by atoms with Gasteiger partial charge in [-0.2, -0.15) is 0 Å². The molecule has 1 aromatic heterocycles. The van der Waals surface area contributed by atoms with Crippen molar-refractivity contribution in [2.75, 3.05) is 5.73 Å². The van der Waals surface area contributed by atoms with E-state index in [4.69, 9.17) is 5.73 Å². The van der Waals surface area contributed by atoms with Crippen molar-refractivity contribution in [3.63, 3.8) is 0 Å². The van der Waals surface area contributed by atoms with E-state index in [1.54, 1.807) is 13.8 Å². The summed E-state index contributed by atoms with van der Waals surface area (Å²) in [5.74, 6) is -0.344. The minimum Gasteiger partial charge on any atom is -0.397 e. The van der Waals surface area contributed by atoms with Crippen LogP contribution < -0.4 is 5.73 Å². The lowest BCUT2D eigenvalue weighted by molar-refractivity contribution is 0.609. The average Bonchev–Trinajstić information content (AvgIpc) is 1.84. The molecule has 0 amide bonds. The standard InChI is InChI=1S/C7H9FN2/c1-4-6(8)3-7(9)5(2)10-4/h3H,9H2,1-2H3. The number of anilines is 1. The van der Waals surface area contributed by atoms with Gasteiger partial charge in [0.1, 0.15) is 5.82 Å². The summed E-state index contributed by atoms with van der Waals surface area (Å²) in [5.41, 5.74) is 6.87. The fraction of sp³-hybridized carbons (Fsp3) is 0.286. The van der Waals surface area contributed by atoms with Crippen LogP contribution in [0.1, 0.15) is 11.4 Å². The van der Waals surface area contributed by atoms with Gasteiger partial charge < -0.3 is 5.73 Å². The Balaban J connectivity index is 3.28. The molecule has 0 saturated carbocycles. The number of aryl methyl sites for hydroxylation is 2. The Morgan fingerprint density at radius 3 is 2.50 bits per heavy atom. The topological polar surface area (TPSA) is 38.9 Å². The maximum absolute atomic E-state index is 12.6. The van der Waals surface area contributed by atoms with Crippen LogP contribution in [-0.2, 0) is 0 Å². The third-order valence-electron chi connectivity index (χ3n) is 1.38. The number of rotatable bonds is 0. The van der Waals surface area contributed by atoms with Gasteiger partial charge in [0.25, 0.3) is 0 Å². The normalized spacial score (nSPS) is 9.90. The monoisotopic (exact) mass is 140 g/mol. The van der Waals surface area contributed by atoms with E-state index in [2.05, 4.69) is 4.98 Å². The van der Waals surface area contributed by atoms with Crippen molar-refractivity contribution in [3.05, 3.63) is 23.3 Å². The number of nitrogen functional groups attached to an aromatic ring is 1. The van der Waals surface area contributed by atoms with Crippen molar-refractivity contribution < 1.29 is 4.39 Å². The molecule has 0 aliphatic rings. The third kappa shape index (κ3) is 1.07. The molecule has 1 aromatic rings. The molecule has 2 N–H and O–H groups in total. The highest BCUT2D eigenvalue weighted by atomic mass is 19.1. The molecule has 0 aliphatic heterocycles. The Morgan fingerprint density at radius 2 is 2.00 bits per heavy atom. The lowest BCUT2D eigenvalue weighted by Gasteiger charge is -2.00. The zero-order valence-corrected chi connectivity index (χ0v) is 5.98. The second-order valence-corrected chi connectivity index (χ2v) is 2.23. The predicted molar refractivity (Wildman–Crippen MR) is 38.1 cm³/mol. The molecule has 0 bridgehead atoms. The summed E-state index contributed by atoms with van der Waals surface area (Å²) in [6, 6.07) is 1.29. The molecule has 3 heteroatoms. The molecule has 1 rings (SSSR count). The lowest BCUT2D eigenvalue weighted by Crippen LogP contribution is -1.97. The zero-order valence-electron chi connectivity index (χ0n) is 5.98. The molecular weight excluding hydrogens is 131 g/mol. The maximum Gasteiger partial charge on any atom is 0.146 e. The first-order chi connectivity index (χ1) is 4.61. The van der Waals surface area contributed by atoms with Crippen molar-refractivity contribution in [2.45, 2.75) is 13.8 Å². The van der Waals surface area contributed by atoms with Crippen LogP contribution in [0.5, 0.6) is 0 Å². The Bertz CT molecular complexity index is 208. The molecule has 0 unspecified atom stereocenters. The van der Waals surface area contributed by atoms with Gasteiger partial charge in [0.15, 0.2) is 0 Å². The van der Waals surface area contributed by atoms with Crippen LogP contribution in [0.4, 0.5) is 10.1 Å². The molecule has 0 radical (unpaired) electrons. The molecule has 54 valence electrons. The van der Waals surface area contributed by atoms with Gasteiger partial charge in [-0.05, 0) is 13.8 Å². The third-order valence-corrected chi connectivity index (χ3v) is 1.38. The number of hydrogen-bond donors (Lipinski definition) is 1. The van der Waals surface area contributed by atoms with Gasteiger partial charge >= 0.3 is 0 Å². The first kappa shape index (κ1) is 6.99. The first-order valence-electron chi connectivity index (χ1n) is 3.00. The van der Waals surface area contributed by atoms with Gasteiger partial charge in [0.2, 0.25) is 0 Å². The zero-order chi connectivity index (χ0) is 7.72.